The maximum atomic E-state index is 5.31. The number of thioether (sulfide) groups is 1. The fraction of sp³-hybridized carbons (Fsp3) is 0.778. The first-order valence-electron chi connectivity index (χ1n) is 4.81. The number of aryl methyl sites for hydroxylation is 1. The Morgan fingerprint density at radius 2 is 2.21 bits per heavy atom. The maximum Gasteiger partial charge on any atom is 0.276 e. The molecule has 2 atom stereocenters. The van der Waals surface area contributed by atoms with Crippen molar-refractivity contribution in [3.63, 3.8) is 0 Å². The van der Waals surface area contributed by atoms with Crippen LogP contribution < -0.4 is 5.32 Å². The standard InChI is InChI=1S/C9H17N3OS/c1-5-8(10-4)6(2)14-9-12-11-7(3)13-9/h6,8,10H,5H2,1-4H3. The molecule has 4 nitrogen and oxygen atoms in total. The Hall–Kier alpha value is -0.550. The molecule has 0 aromatic carbocycles. The Bertz CT molecular complexity index is 273. The van der Waals surface area contributed by atoms with Gasteiger partial charge >= 0.3 is 0 Å². The van der Waals surface area contributed by atoms with Crippen LogP contribution in [0.2, 0.25) is 0 Å². The molecular weight excluding hydrogens is 198 g/mol. The molecule has 0 saturated heterocycles. The van der Waals surface area contributed by atoms with E-state index < -0.39 is 0 Å². The average molecular weight is 215 g/mol. The zero-order valence-electron chi connectivity index (χ0n) is 9.07. The number of hydrogen-bond acceptors (Lipinski definition) is 5. The Labute approximate surface area is 88.9 Å². The van der Waals surface area contributed by atoms with Crippen molar-refractivity contribution in [1.29, 1.82) is 0 Å². The monoisotopic (exact) mass is 215 g/mol. The fourth-order valence-electron chi connectivity index (χ4n) is 1.34. The second-order valence-electron chi connectivity index (χ2n) is 3.21. The van der Waals surface area contributed by atoms with Crippen molar-refractivity contribution in [2.45, 2.75) is 43.7 Å². The summed E-state index contributed by atoms with van der Waals surface area (Å²) in [6.45, 7) is 6.13. The van der Waals surface area contributed by atoms with Crippen molar-refractivity contribution in [1.82, 2.24) is 15.5 Å². The molecule has 14 heavy (non-hydrogen) atoms. The summed E-state index contributed by atoms with van der Waals surface area (Å²) in [7, 11) is 1.98. The topological polar surface area (TPSA) is 51.0 Å². The van der Waals surface area contributed by atoms with Crippen LogP contribution in [0.4, 0.5) is 0 Å². The summed E-state index contributed by atoms with van der Waals surface area (Å²) < 4.78 is 5.31. The largest absolute Gasteiger partial charge is 0.416 e. The third kappa shape index (κ3) is 2.99. The Balaban J connectivity index is 2.51. The van der Waals surface area contributed by atoms with Gasteiger partial charge in [-0.1, -0.05) is 25.6 Å². The minimum absolute atomic E-state index is 0.435. The molecule has 0 radical (unpaired) electrons. The van der Waals surface area contributed by atoms with Gasteiger partial charge in [0.1, 0.15) is 0 Å². The minimum Gasteiger partial charge on any atom is -0.416 e. The van der Waals surface area contributed by atoms with Crippen LogP contribution in [0.1, 0.15) is 26.2 Å². The van der Waals surface area contributed by atoms with E-state index in [1.165, 1.54) is 0 Å². The molecule has 0 aliphatic rings. The SMILES string of the molecule is CCC(NC)C(C)Sc1nnc(C)o1. The predicted octanol–water partition coefficient (Wildman–Crippen LogP) is 1.86. The first-order chi connectivity index (χ1) is 6.67. The van der Waals surface area contributed by atoms with Gasteiger partial charge in [0.05, 0.1) is 0 Å². The Morgan fingerprint density at radius 3 is 2.64 bits per heavy atom. The van der Waals surface area contributed by atoms with Crippen LogP contribution in [0.25, 0.3) is 0 Å². The van der Waals surface area contributed by atoms with Gasteiger partial charge < -0.3 is 9.73 Å². The van der Waals surface area contributed by atoms with E-state index in [1.54, 1.807) is 18.7 Å². The van der Waals surface area contributed by atoms with E-state index in [1.807, 2.05) is 7.05 Å². The first-order valence-corrected chi connectivity index (χ1v) is 5.69. The molecule has 1 heterocycles. The van der Waals surface area contributed by atoms with Gasteiger partial charge in [0, 0.05) is 18.2 Å². The lowest BCUT2D eigenvalue weighted by Crippen LogP contribution is -2.33. The lowest BCUT2D eigenvalue weighted by molar-refractivity contribution is 0.426. The molecule has 0 bridgehead atoms. The maximum absolute atomic E-state index is 5.31. The molecule has 2 unspecified atom stereocenters. The van der Waals surface area contributed by atoms with Crippen LogP contribution in [0.5, 0.6) is 0 Å². The van der Waals surface area contributed by atoms with Crippen molar-refractivity contribution in [3.05, 3.63) is 5.89 Å². The Morgan fingerprint density at radius 1 is 1.50 bits per heavy atom. The average Bonchev–Trinajstić information content (AvgIpc) is 2.53. The molecule has 1 rings (SSSR count). The summed E-state index contributed by atoms with van der Waals surface area (Å²) in [5, 5.41) is 12.1. The first kappa shape index (κ1) is 11.5. The van der Waals surface area contributed by atoms with Crippen LogP contribution in [0.15, 0.2) is 9.64 Å². The van der Waals surface area contributed by atoms with Crippen molar-refractivity contribution >= 4 is 11.8 Å². The number of rotatable bonds is 5. The van der Waals surface area contributed by atoms with Crippen molar-refractivity contribution in [2.75, 3.05) is 7.05 Å². The van der Waals surface area contributed by atoms with E-state index in [2.05, 4.69) is 29.4 Å². The summed E-state index contributed by atoms with van der Waals surface area (Å²) in [5.41, 5.74) is 0. The molecule has 0 amide bonds. The van der Waals surface area contributed by atoms with E-state index in [4.69, 9.17) is 4.42 Å². The molecule has 1 aromatic heterocycles. The number of hydrogen-bond donors (Lipinski definition) is 1. The van der Waals surface area contributed by atoms with Gasteiger partial charge in [-0.05, 0) is 13.5 Å². The summed E-state index contributed by atoms with van der Waals surface area (Å²) in [6, 6.07) is 0.479. The number of aromatic nitrogens is 2. The molecule has 0 aliphatic heterocycles. The number of nitrogens with zero attached hydrogens (tertiary/aromatic N) is 2. The highest BCUT2D eigenvalue weighted by Gasteiger charge is 2.17. The lowest BCUT2D eigenvalue weighted by atomic mass is 10.2. The van der Waals surface area contributed by atoms with E-state index in [9.17, 15) is 0 Å². The van der Waals surface area contributed by atoms with Gasteiger partial charge in [-0.3, -0.25) is 0 Å². The quantitative estimate of drug-likeness (QED) is 0.760. The summed E-state index contributed by atoms with van der Waals surface area (Å²) in [5.74, 6) is 0.622. The van der Waals surface area contributed by atoms with Crippen molar-refractivity contribution < 1.29 is 4.42 Å². The van der Waals surface area contributed by atoms with Gasteiger partial charge in [-0.2, -0.15) is 0 Å². The third-order valence-electron chi connectivity index (χ3n) is 2.17. The molecule has 0 fully saturated rings. The second-order valence-corrected chi connectivity index (χ2v) is 4.54. The molecular formula is C9H17N3OS. The van der Waals surface area contributed by atoms with Crippen molar-refractivity contribution in [3.8, 4) is 0 Å². The zero-order valence-corrected chi connectivity index (χ0v) is 9.89. The molecule has 80 valence electrons. The molecule has 1 N–H and O–H groups in total. The Kier molecular flexibility index (Phi) is 4.41. The normalized spacial score (nSPS) is 15.4. The van der Waals surface area contributed by atoms with Gasteiger partial charge in [0.15, 0.2) is 0 Å². The summed E-state index contributed by atoms with van der Waals surface area (Å²) in [6.07, 6.45) is 1.10. The molecule has 0 spiro atoms. The van der Waals surface area contributed by atoms with Gasteiger partial charge in [-0.25, -0.2) is 0 Å². The molecule has 5 heteroatoms. The van der Waals surface area contributed by atoms with Crippen LogP contribution in [-0.2, 0) is 0 Å². The van der Waals surface area contributed by atoms with E-state index >= 15 is 0 Å². The highest BCUT2D eigenvalue weighted by atomic mass is 32.2. The van der Waals surface area contributed by atoms with Crippen LogP contribution >= 0.6 is 11.8 Å². The zero-order chi connectivity index (χ0) is 10.6. The summed E-state index contributed by atoms with van der Waals surface area (Å²) in [4.78, 5) is 0. The van der Waals surface area contributed by atoms with Gasteiger partial charge in [0.2, 0.25) is 5.89 Å². The van der Waals surface area contributed by atoms with Gasteiger partial charge in [0.25, 0.3) is 5.22 Å². The van der Waals surface area contributed by atoms with E-state index in [0.717, 1.165) is 6.42 Å². The lowest BCUT2D eigenvalue weighted by Gasteiger charge is -2.19. The predicted molar refractivity (Wildman–Crippen MR) is 57.5 cm³/mol. The highest BCUT2D eigenvalue weighted by molar-refractivity contribution is 7.99. The second kappa shape index (κ2) is 5.36. The van der Waals surface area contributed by atoms with Crippen LogP contribution in [0.3, 0.4) is 0 Å². The van der Waals surface area contributed by atoms with Crippen LogP contribution in [0, 0.1) is 6.92 Å². The molecule has 0 saturated carbocycles. The van der Waals surface area contributed by atoms with Gasteiger partial charge in [-0.15, -0.1) is 10.2 Å². The summed E-state index contributed by atoms with van der Waals surface area (Å²) >= 11 is 1.62. The van der Waals surface area contributed by atoms with E-state index in [0.29, 0.717) is 22.4 Å². The minimum atomic E-state index is 0.435. The van der Waals surface area contributed by atoms with Crippen molar-refractivity contribution in [2.24, 2.45) is 0 Å². The molecule has 0 aliphatic carbocycles. The molecule has 1 aromatic rings. The smallest absolute Gasteiger partial charge is 0.276 e. The third-order valence-corrected chi connectivity index (χ3v) is 3.24. The van der Waals surface area contributed by atoms with E-state index in [-0.39, 0.29) is 0 Å². The fourth-order valence-corrected chi connectivity index (χ4v) is 2.41. The number of nitrogens with one attached hydrogen (secondary N) is 1. The highest BCUT2D eigenvalue weighted by Crippen LogP contribution is 2.24. The van der Waals surface area contributed by atoms with Crippen LogP contribution in [-0.4, -0.2) is 28.5 Å².